The third-order valence-electron chi connectivity index (χ3n) is 10.2. The van der Waals surface area contributed by atoms with Crippen LogP contribution in [0.2, 0.25) is 5.02 Å². The maximum atomic E-state index is 16.6. The van der Waals surface area contributed by atoms with Crippen LogP contribution in [-0.2, 0) is 6.18 Å². The van der Waals surface area contributed by atoms with Gasteiger partial charge < -0.3 is 24.8 Å². The summed E-state index contributed by atoms with van der Waals surface area (Å²) in [5, 5.41) is 12.9. The lowest BCUT2D eigenvalue weighted by Gasteiger charge is -2.36. The number of piperazine rings is 1. The van der Waals surface area contributed by atoms with Crippen molar-refractivity contribution in [1.29, 1.82) is 0 Å². The van der Waals surface area contributed by atoms with Crippen LogP contribution in [0.25, 0.3) is 22.2 Å². The van der Waals surface area contributed by atoms with E-state index in [1.807, 2.05) is 4.90 Å². The van der Waals surface area contributed by atoms with E-state index in [2.05, 4.69) is 27.1 Å². The number of hydrogen-bond donors (Lipinski definition) is 2. The number of phenolic OH excluding ortho intramolecular Hbond substituents is 1. The van der Waals surface area contributed by atoms with Gasteiger partial charge in [0.05, 0.1) is 21.7 Å². The molecule has 8 rings (SSSR count). The molecular formula is C29H28ClF5N6O3. The van der Waals surface area contributed by atoms with Crippen molar-refractivity contribution in [3.63, 3.8) is 0 Å². The number of aromatic nitrogens is 3. The second-order valence-corrected chi connectivity index (χ2v) is 12.9. The highest BCUT2D eigenvalue weighted by Gasteiger charge is 2.69. The number of pyridine rings is 1. The highest BCUT2D eigenvalue weighted by molar-refractivity contribution is 6.32. The standard InChI is InChI=1S/C29H28ClF5N6O3/c1-13-23-28(13)12-43-25-18-22(20(32)21(37-25)16-7-15(42)8-17(30)19(16)29(33,34)35)38-26(39-24(18)41(28)6-4-36-23)44-11-27-3-2-5-40(27)10-14(31)9-27/h7-8,13-14,23,36,42H,2-6,9-12H2,1H3/t13-,14-,23?,27+,28+/m0/s1. The van der Waals surface area contributed by atoms with E-state index in [9.17, 15) is 22.7 Å². The molecule has 1 spiro atoms. The van der Waals surface area contributed by atoms with Gasteiger partial charge in [-0.2, -0.15) is 23.1 Å². The molecule has 2 aromatic heterocycles. The highest BCUT2D eigenvalue weighted by atomic mass is 35.5. The SMILES string of the molecule is C[C@H]1C2NCCN3c4nc(OC[C@]56CCCN5C[C@@H](F)C6)nc5c(F)c(-c6cc(O)cc(Cl)c6C(F)(F)F)nc(c45)OC[C@]213. The van der Waals surface area contributed by atoms with Crippen LogP contribution in [0.5, 0.6) is 17.6 Å². The Kier molecular flexibility index (Phi) is 6.03. The zero-order valence-electron chi connectivity index (χ0n) is 23.5. The number of halogens is 6. The minimum Gasteiger partial charge on any atom is -0.508 e. The lowest BCUT2D eigenvalue weighted by Crippen LogP contribution is -2.54. The van der Waals surface area contributed by atoms with Gasteiger partial charge in [0.25, 0.3) is 0 Å². The summed E-state index contributed by atoms with van der Waals surface area (Å²) < 4.78 is 85.9. The summed E-state index contributed by atoms with van der Waals surface area (Å²) in [5.41, 5.74) is -4.27. The number of anilines is 1. The molecule has 5 atom stereocenters. The largest absolute Gasteiger partial charge is 0.508 e. The number of nitrogens with zero attached hydrogens (tertiary/aromatic N) is 5. The van der Waals surface area contributed by atoms with Crippen molar-refractivity contribution in [2.24, 2.45) is 5.92 Å². The lowest BCUT2D eigenvalue weighted by molar-refractivity contribution is -0.137. The summed E-state index contributed by atoms with van der Waals surface area (Å²) >= 11 is 5.93. The summed E-state index contributed by atoms with van der Waals surface area (Å²) in [7, 11) is 0. The number of hydrogen-bond acceptors (Lipinski definition) is 9. The van der Waals surface area contributed by atoms with Crippen molar-refractivity contribution in [2.75, 3.05) is 44.3 Å². The molecule has 234 valence electrons. The van der Waals surface area contributed by atoms with Crippen LogP contribution < -0.4 is 19.7 Å². The Labute approximate surface area is 253 Å². The Morgan fingerprint density at radius 1 is 1.23 bits per heavy atom. The smallest absolute Gasteiger partial charge is 0.418 e. The van der Waals surface area contributed by atoms with E-state index in [4.69, 9.17) is 26.1 Å². The van der Waals surface area contributed by atoms with Crippen LogP contribution >= 0.6 is 11.6 Å². The molecule has 0 amide bonds. The van der Waals surface area contributed by atoms with Crippen LogP contribution in [0.3, 0.4) is 0 Å². The number of aromatic hydroxyl groups is 1. The van der Waals surface area contributed by atoms with Crippen molar-refractivity contribution >= 4 is 28.3 Å². The van der Waals surface area contributed by atoms with Gasteiger partial charge in [0.1, 0.15) is 47.5 Å². The topological polar surface area (TPSA) is 95.9 Å². The molecule has 1 aliphatic carbocycles. The first-order valence-electron chi connectivity index (χ1n) is 14.6. The first-order chi connectivity index (χ1) is 20.9. The molecule has 15 heteroatoms. The highest BCUT2D eigenvalue weighted by Crippen LogP contribution is 2.55. The predicted molar refractivity (Wildman–Crippen MR) is 149 cm³/mol. The van der Waals surface area contributed by atoms with Gasteiger partial charge in [-0.05, 0) is 31.5 Å². The maximum Gasteiger partial charge on any atom is 0.418 e. The van der Waals surface area contributed by atoms with Gasteiger partial charge in [0, 0.05) is 43.6 Å². The van der Waals surface area contributed by atoms with Gasteiger partial charge in [-0.1, -0.05) is 18.5 Å². The number of phenols is 1. The Bertz CT molecular complexity index is 1710. The van der Waals surface area contributed by atoms with Crippen LogP contribution in [-0.4, -0.2) is 87.6 Å². The Morgan fingerprint density at radius 2 is 2.05 bits per heavy atom. The fourth-order valence-corrected chi connectivity index (χ4v) is 8.39. The van der Waals surface area contributed by atoms with Crippen LogP contribution in [0, 0.1) is 11.7 Å². The predicted octanol–water partition coefficient (Wildman–Crippen LogP) is 4.72. The number of fused-ring (bicyclic) bond motifs is 2. The van der Waals surface area contributed by atoms with Crippen molar-refractivity contribution < 1.29 is 36.5 Å². The van der Waals surface area contributed by atoms with Gasteiger partial charge >= 0.3 is 12.2 Å². The molecule has 0 bridgehead atoms. The van der Waals surface area contributed by atoms with E-state index in [1.54, 1.807) is 0 Å². The molecule has 1 saturated carbocycles. The van der Waals surface area contributed by atoms with Crippen LogP contribution in [0.15, 0.2) is 12.1 Å². The molecule has 1 unspecified atom stereocenters. The summed E-state index contributed by atoms with van der Waals surface area (Å²) in [6, 6.07) is 1.36. The maximum absolute atomic E-state index is 16.6. The third-order valence-corrected chi connectivity index (χ3v) is 10.5. The van der Waals surface area contributed by atoms with E-state index >= 15 is 4.39 Å². The number of nitrogens with one attached hydrogen (secondary N) is 1. The quantitative estimate of drug-likeness (QED) is 0.394. The molecule has 5 aliphatic rings. The average Bonchev–Trinajstić information content (AvgIpc) is 3.22. The number of ether oxygens (including phenoxy) is 2. The summed E-state index contributed by atoms with van der Waals surface area (Å²) in [6.45, 7) is 4.43. The molecule has 6 heterocycles. The molecule has 4 fully saturated rings. The third kappa shape index (κ3) is 3.92. The van der Waals surface area contributed by atoms with Gasteiger partial charge in [-0.15, -0.1) is 0 Å². The second-order valence-electron chi connectivity index (χ2n) is 12.5. The van der Waals surface area contributed by atoms with Crippen molar-refractivity contribution in [3.8, 4) is 28.9 Å². The minimum absolute atomic E-state index is 0.0388. The minimum atomic E-state index is -4.99. The lowest BCUT2D eigenvalue weighted by atomic mass is 9.95. The number of benzene rings is 1. The number of alkyl halides is 4. The van der Waals surface area contributed by atoms with Crippen molar-refractivity contribution in [1.82, 2.24) is 25.2 Å². The monoisotopic (exact) mass is 638 g/mol. The van der Waals surface area contributed by atoms with E-state index in [0.717, 1.165) is 31.5 Å². The molecule has 9 nitrogen and oxygen atoms in total. The Morgan fingerprint density at radius 3 is 2.84 bits per heavy atom. The van der Waals surface area contributed by atoms with Crippen molar-refractivity contribution in [3.05, 3.63) is 28.5 Å². The average molecular weight is 639 g/mol. The van der Waals surface area contributed by atoms with E-state index in [-0.39, 0.29) is 48.0 Å². The van der Waals surface area contributed by atoms with E-state index in [0.29, 0.717) is 31.9 Å². The molecule has 0 radical (unpaired) electrons. The molecule has 3 aromatic rings. The summed E-state index contributed by atoms with van der Waals surface area (Å²) in [4.78, 5) is 17.4. The van der Waals surface area contributed by atoms with Gasteiger partial charge in [-0.3, -0.25) is 4.90 Å². The summed E-state index contributed by atoms with van der Waals surface area (Å²) in [5.74, 6) is -1.48. The van der Waals surface area contributed by atoms with Gasteiger partial charge in [0.2, 0.25) is 5.88 Å². The molecule has 4 aliphatic heterocycles. The fraction of sp³-hybridized carbons (Fsp3) is 0.552. The Hall–Kier alpha value is -3.23. The van der Waals surface area contributed by atoms with Crippen molar-refractivity contribution in [2.45, 2.75) is 55.7 Å². The number of rotatable bonds is 4. The molecule has 44 heavy (non-hydrogen) atoms. The molecule has 3 saturated heterocycles. The first kappa shape index (κ1) is 28.3. The molecular weight excluding hydrogens is 611 g/mol. The second kappa shape index (κ2) is 9.39. The van der Waals surface area contributed by atoms with E-state index < -0.39 is 56.8 Å². The molecule has 2 N–H and O–H groups in total. The zero-order valence-corrected chi connectivity index (χ0v) is 24.3. The molecule has 1 aromatic carbocycles. The first-order valence-corrected chi connectivity index (χ1v) is 15.0. The van der Waals surface area contributed by atoms with Gasteiger partial charge in [0.15, 0.2) is 5.82 Å². The normalized spacial score (nSPS) is 30.9. The van der Waals surface area contributed by atoms with E-state index in [1.165, 1.54) is 0 Å². The Balaban J connectivity index is 1.32. The fourth-order valence-electron chi connectivity index (χ4n) is 8.07. The van der Waals surface area contributed by atoms with Crippen LogP contribution in [0.4, 0.5) is 27.8 Å². The summed E-state index contributed by atoms with van der Waals surface area (Å²) in [6.07, 6.45) is -4.06. The van der Waals surface area contributed by atoms with Gasteiger partial charge in [-0.25, -0.2) is 13.8 Å². The zero-order chi connectivity index (χ0) is 30.8. The van der Waals surface area contributed by atoms with Crippen LogP contribution in [0.1, 0.15) is 31.7 Å².